The maximum Gasteiger partial charge on any atom is 0.308 e. The second-order valence-electron chi connectivity index (χ2n) is 3.56. The average molecular weight is 179 g/mol. The van der Waals surface area contributed by atoms with E-state index in [4.69, 9.17) is 11.2 Å². The molecule has 1 saturated carbocycles. The Bertz CT molecular complexity index is 215. The van der Waals surface area contributed by atoms with Crippen LogP contribution >= 0.6 is 0 Å². The lowest BCUT2D eigenvalue weighted by atomic mass is 9.78. The molecule has 1 fully saturated rings. The number of hydrogen-bond donors (Lipinski definition) is 0. The highest BCUT2D eigenvalue weighted by Crippen LogP contribution is 2.32. The van der Waals surface area contributed by atoms with Crippen LogP contribution < -0.4 is 0 Å². The second-order valence-corrected chi connectivity index (χ2v) is 3.56. The molecule has 2 atom stereocenters. The van der Waals surface area contributed by atoms with Crippen molar-refractivity contribution in [1.29, 1.82) is 0 Å². The highest BCUT2D eigenvalue weighted by atomic mass is 16.5. The minimum Gasteiger partial charge on any atom is -0.469 e. The Kier molecular flexibility index (Phi) is 3.82. The third kappa shape index (κ3) is 2.48. The minimum atomic E-state index is -0.111. The van der Waals surface area contributed by atoms with Crippen LogP contribution in [0.5, 0.6) is 0 Å². The van der Waals surface area contributed by atoms with E-state index in [0.717, 1.165) is 19.3 Å². The molecule has 0 amide bonds. The molecule has 1 rings (SSSR count). The summed E-state index contributed by atoms with van der Waals surface area (Å²) in [6.07, 6.45) is 11.7. The molecule has 0 aromatic heterocycles. The van der Waals surface area contributed by atoms with E-state index in [1.54, 1.807) is 0 Å². The Morgan fingerprint density at radius 1 is 1.54 bits per heavy atom. The van der Waals surface area contributed by atoms with Gasteiger partial charge in [0.1, 0.15) is 0 Å². The fourth-order valence-corrected chi connectivity index (χ4v) is 2.04. The third-order valence-corrected chi connectivity index (χ3v) is 2.78. The predicted molar refractivity (Wildman–Crippen MR) is 49.2 cm³/mol. The first-order valence-corrected chi connectivity index (χ1v) is 4.77. The van der Waals surface area contributed by atoms with Crippen LogP contribution in [0, 0.1) is 24.2 Å². The van der Waals surface area contributed by atoms with E-state index >= 15 is 0 Å². The first-order valence-electron chi connectivity index (χ1n) is 4.77. The standard InChI is InChI=1S/C11H15O2/c1-3-6-9-7-4-5-8-10(9)11(12)13-2/h9-10H,4-8H2,2H3. The molecule has 0 spiro atoms. The molecule has 1 radical (unpaired) electrons. The molecule has 0 aromatic carbocycles. The van der Waals surface area contributed by atoms with Crippen LogP contribution in [0.1, 0.15) is 32.1 Å². The fraction of sp³-hybridized carbons (Fsp3) is 0.727. The van der Waals surface area contributed by atoms with Crippen LogP contribution in [0.25, 0.3) is 0 Å². The zero-order valence-electron chi connectivity index (χ0n) is 8.01. The topological polar surface area (TPSA) is 26.3 Å². The van der Waals surface area contributed by atoms with E-state index in [0.29, 0.717) is 12.3 Å². The quantitative estimate of drug-likeness (QED) is 0.478. The lowest BCUT2D eigenvalue weighted by Gasteiger charge is -2.27. The van der Waals surface area contributed by atoms with Gasteiger partial charge in [0.15, 0.2) is 0 Å². The molecule has 1 aliphatic rings. The molecular formula is C11H15O2. The van der Waals surface area contributed by atoms with E-state index in [1.165, 1.54) is 13.5 Å². The van der Waals surface area contributed by atoms with Crippen molar-refractivity contribution >= 4 is 5.97 Å². The van der Waals surface area contributed by atoms with Gasteiger partial charge in [-0.1, -0.05) is 18.8 Å². The SMILES string of the molecule is [C]#CCC1CCCCC1C(=O)OC. The lowest BCUT2D eigenvalue weighted by molar-refractivity contribution is -0.148. The van der Waals surface area contributed by atoms with E-state index in [2.05, 4.69) is 5.92 Å². The van der Waals surface area contributed by atoms with Crippen molar-refractivity contribution in [3.8, 4) is 5.92 Å². The van der Waals surface area contributed by atoms with E-state index in [1.807, 2.05) is 0 Å². The lowest BCUT2D eigenvalue weighted by Crippen LogP contribution is -2.27. The van der Waals surface area contributed by atoms with Crippen molar-refractivity contribution in [3.05, 3.63) is 6.42 Å². The molecular weight excluding hydrogens is 164 g/mol. The van der Waals surface area contributed by atoms with Crippen molar-refractivity contribution < 1.29 is 9.53 Å². The van der Waals surface area contributed by atoms with Crippen LogP contribution in [-0.4, -0.2) is 13.1 Å². The van der Waals surface area contributed by atoms with Crippen LogP contribution in [0.2, 0.25) is 0 Å². The van der Waals surface area contributed by atoms with Crippen molar-refractivity contribution in [3.63, 3.8) is 0 Å². The molecule has 2 nitrogen and oxygen atoms in total. The van der Waals surface area contributed by atoms with Crippen molar-refractivity contribution in [2.24, 2.45) is 11.8 Å². The number of carbonyl (C=O) groups is 1. The monoisotopic (exact) mass is 179 g/mol. The van der Waals surface area contributed by atoms with Crippen LogP contribution in [0.15, 0.2) is 0 Å². The number of hydrogen-bond acceptors (Lipinski definition) is 2. The molecule has 0 aromatic rings. The van der Waals surface area contributed by atoms with Crippen molar-refractivity contribution in [1.82, 2.24) is 0 Å². The number of methoxy groups -OCH3 is 1. The van der Waals surface area contributed by atoms with E-state index < -0.39 is 0 Å². The molecule has 1 aliphatic carbocycles. The van der Waals surface area contributed by atoms with E-state index in [-0.39, 0.29) is 11.9 Å². The minimum absolute atomic E-state index is 0.0107. The van der Waals surface area contributed by atoms with Gasteiger partial charge in [-0.15, -0.1) is 0 Å². The van der Waals surface area contributed by atoms with Crippen LogP contribution in [0.4, 0.5) is 0 Å². The first-order chi connectivity index (χ1) is 6.29. The average Bonchev–Trinajstić information content (AvgIpc) is 2.18. The summed E-state index contributed by atoms with van der Waals surface area (Å²) < 4.78 is 4.74. The fourth-order valence-electron chi connectivity index (χ4n) is 2.04. The molecule has 13 heavy (non-hydrogen) atoms. The van der Waals surface area contributed by atoms with Gasteiger partial charge >= 0.3 is 5.97 Å². The van der Waals surface area contributed by atoms with Gasteiger partial charge in [0.05, 0.1) is 13.0 Å². The summed E-state index contributed by atoms with van der Waals surface area (Å²) in [4.78, 5) is 11.3. The highest BCUT2D eigenvalue weighted by molar-refractivity contribution is 5.72. The van der Waals surface area contributed by atoms with Gasteiger partial charge < -0.3 is 4.74 Å². The summed E-state index contributed by atoms with van der Waals surface area (Å²) in [6, 6.07) is 0. The maximum atomic E-state index is 11.3. The number of rotatable bonds is 2. The van der Waals surface area contributed by atoms with Gasteiger partial charge in [-0.3, -0.25) is 4.79 Å². The summed E-state index contributed by atoms with van der Waals surface area (Å²) in [7, 11) is 1.43. The summed E-state index contributed by atoms with van der Waals surface area (Å²) in [5.74, 6) is 2.58. The zero-order chi connectivity index (χ0) is 9.68. The van der Waals surface area contributed by atoms with Gasteiger partial charge in [0, 0.05) is 6.42 Å². The Morgan fingerprint density at radius 3 is 2.85 bits per heavy atom. The van der Waals surface area contributed by atoms with E-state index in [9.17, 15) is 4.79 Å². The molecule has 0 bridgehead atoms. The Labute approximate surface area is 79.7 Å². The van der Waals surface area contributed by atoms with Crippen LogP contribution in [-0.2, 0) is 9.53 Å². The summed E-state index contributed by atoms with van der Waals surface area (Å²) >= 11 is 0. The third-order valence-electron chi connectivity index (χ3n) is 2.78. The Morgan fingerprint density at radius 2 is 2.23 bits per heavy atom. The highest BCUT2D eigenvalue weighted by Gasteiger charge is 2.30. The maximum absolute atomic E-state index is 11.3. The van der Waals surface area contributed by atoms with Crippen LogP contribution in [0.3, 0.4) is 0 Å². The van der Waals surface area contributed by atoms with Gasteiger partial charge in [-0.05, 0) is 25.2 Å². The zero-order valence-corrected chi connectivity index (χ0v) is 8.01. The number of esters is 1. The second kappa shape index (κ2) is 4.91. The smallest absolute Gasteiger partial charge is 0.308 e. The molecule has 71 valence electrons. The van der Waals surface area contributed by atoms with Gasteiger partial charge in [0.25, 0.3) is 0 Å². The van der Waals surface area contributed by atoms with Crippen molar-refractivity contribution in [2.45, 2.75) is 32.1 Å². The molecule has 2 unspecified atom stereocenters. The Hall–Kier alpha value is -0.970. The molecule has 0 N–H and O–H groups in total. The predicted octanol–water partition coefficient (Wildman–Crippen LogP) is 1.95. The van der Waals surface area contributed by atoms with Crippen molar-refractivity contribution in [2.75, 3.05) is 7.11 Å². The largest absolute Gasteiger partial charge is 0.469 e. The number of carbonyl (C=O) groups excluding carboxylic acids is 1. The van der Waals surface area contributed by atoms with Gasteiger partial charge in [-0.25, -0.2) is 0 Å². The Balaban J connectivity index is 2.57. The summed E-state index contributed by atoms with van der Waals surface area (Å²) in [5.41, 5.74) is 0. The normalized spacial score (nSPS) is 27.7. The first kappa shape index (κ1) is 10.1. The number of ether oxygens (including phenoxy) is 1. The molecule has 0 aliphatic heterocycles. The van der Waals surface area contributed by atoms with Gasteiger partial charge in [-0.2, -0.15) is 0 Å². The summed E-state index contributed by atoms with van der Waals surface area (Å²) in [5, 5.41) is 0. The molecule has 0 heterocycles. The molecule has 0 saturated heterocycles. The van der Waals surface area contributed by atoms with Gasteiger partial charge in [0.2, 0.25) is 0 Å². The summed E-state index contributed by atoms with van der Waals surface area (Å²) in [6.45, 7) is 0. The molecule has 2 heteroatoms.